The van der Waals surface area contributed by atoms with Crippen LogP contribution in [0.15, 0.2) is 39.7 Å². The van der Waals surface area contributed by atoms with E-state index in [2.05, 4.69) is 0 Å². The molecule has 7 heteroatoms. The second-order valence-corrected chi connectivity index (χ2v) is 7.29. The first-order valence-corrected chi connectivity index (χ1v) is 9.35. The van der Waals surface area contributed by atoms with Gasteiger partial charge in [-0.05, 0) is 55.8 Å². The molecule has 0 spiro atoms. The van der Waals surface area contributed by atoms with Gasteiger partial charge >= 0.3 is 5.97 Å². The van der Waals surface area contributed by atoms with Crippen LogP contribution in [0.5, 0.6) is 0 Å². The van der Waals surface area contributed by atoms with E-state index >= 15 is 0 Å². The molecule has 1 N–H and O–H groups in total. The van der Waals surface area contributed by atoms with Gasteiger partial charge in [0.05, 0.1) is 10.5 Å². The Bertz CT molecular complexity index is 959. The average molecular weight is 385 g/mol. The number of rotatable bonds is 5. The molecular weight excluding hydrogens is 366 g/mol. The van der Waals surface area contributed by atoms with Gasteiger partial charge in [-0.3, -0.25) is 14.5 Å². The Morgan fingerprint density at radius 2 is 2.04 bits per heavy atom. The molecule has 2 amide bonds. The lowest BCUT2D eigenvalue weighted by Crippen LogP contribution is -2.36. The molecule has 27 heavy (non-hydrogen) atoms. The van der Waals surface area contributed by atoms with Crippen LogP contribution in [0.2, 0.25) is 0 Å². The van der Waals surface area contributed by atoms with Gasteiger partial charge in [0, 0.05) is 17.7 Å². The van der Waals surface area contributed by atoms with Gasteiger partial charge in [0.1, 0.15) is 11.5 Å². The van der Waals surface area contributed by atoms with Crippen molar-refractivity contribution in [3.63, 3.8) is 0 Å². The third-order valence-electron chi connectivity index (χ3n) is 4.58. The predicted molar refractivity (Wildman–Crippen MR) is 103 cm³/mol. The number of imide groups is 1. The molecule has 2 aromatic rings. The summed E-state index contributed by atoms with van der Waals surface area (Å²) in [6.45, 7) is 5.48. The van der Waals surface area contributed by atoms with Crippen LogP contribution >= 0.6 is 11.8 Å². The second kappa shape index (κ2) is 7.44. The van der Waals surface area contributed by atoms with E-state index in [0.717, 1.165) is 11.8 Å². The maximum atomic E-state index is 12.5. The monoisotopic (exact) mass is 385 g/mol. The molecule has 1 aromatic carbocycles. The lowest BCUT2D eigenvalue weighted by atomic mass is 10.0. The van der Waals surface area contributed by atoms with Crippen molar-refractivity contribution < 1.29 is 23.9 Å². The lowest BCUT2D eigenvalue weighted by Gasteiger charge is -2.19. The lowest BCUT2D eigenvalue weighted by molar-refractivity contribution is -0.124. The highest BCUT2D eigenvalue weighted by molar-refractivity contribution is 8.18. The SMILES string of the molecule is CC[C@@H](C)N1C(=O)S/C(=C/c2ccc(-c3cccc(C(=O)O)c3C)o2)C1=O. The summed E-state index contributed by atoms with van der Waals surface area (Å²) in [5.74, 6) is -0.385. The molecule has 1 atom stereocenters. The molecule has 0 unspecified atom stereocenters. The Hall–Kier alpha value is -2.80. The first-order valence-electron chi connectivity index (χ1n) is 8.53. The molecule has 0 saturated carbocycles. The fourth-order valence-electron chi connectivity index (χ4n) is 2.88. The van der Waals surface area contributed by atoms with Gasteiger partial charge in [-0.2, -0.15) is 0 Å². The summed E-state index contributed by atoms with van der Waals surface area (Å²) in [6.07, 6.45) is 2.24. The summed E-state index contributed by atoms with van der Waals surface area (Å²) in [6, 6.07) is 8.23. The van der Waals surface area contributed by atoms with Crippen molar-refractivity contribution >= 4 is 35.0 Å². The number of hydrogen-bond acceptors (Lipinski definition) is 5. The van der Waals surface area contributed by atoms with Crippen molar-refractivity contribution in [2.75, 3.05) is 0 Å². The van der Waals surface area contributed by atoms with Crippen LogP contribution < -0.4 is 0 Å². The van der Waals surface area contributed by atoms with E-state index in [1.54, 1.807) is 37.3 Å². The number of amides is 2. The minimum Gasteiger partial charge on any atom is -0.478 e. The predicted octanol–water partition coefficient (Wildman–Crippen LogP) is 4.79. The number of furan rings is 1. The van der Waals surface area contributed by atoms with E-state index in [9.17, 15) is 19.5 Å². The number of nitrogens with zero attached hydrogens (tertiary/aromatic N) is 1. The number of carboxylic acids is 1. The molecule has 1 fully saturated rings. The van der Waals surface area contributed by atoms with Crippen LogP contribution in [0.4, 0.5) is 4.79 Å². The number of carbonyl (C=O) groups is 3. The number of carbonyl (C=O) groups excluding carboxylic acids is 2. The zero-order chi connectivity index (χ0) is 19.7. The molecule has 1 aromatic heterocycles. The molecular formula is C20H19NO5S. The van der Waals surface area contributed by atoms with Gasteiger partial charge in [0.2, 0.25) is 0 Å². The van der Waals surface area contributed by atoms with Crippen molar-refractivity contribution in [1.29, 1.82) is 0 Å². The fourth-order valence-corrected chi connectivity index (χ4v) is 3.79. The maximum Gasteiger partial charge on any atom is 0.335 e. The van der Waals surface area contributed by atoms with Gasteiger partial charge < -0.3 is 9.52 Å². The Morgan fingerprint density at radius 3 is 2.70 bits per heavy atom. The second-order valence-electron chi connectivity index (χ2n) is 6.29. The van der Waals surface area contributed by atoms with Crippen LogP contribution in [-0.2, 0) is 4.79 Å². The van der Waals surface area contributed by atoms with Gasteiger partial charge in [-0.25, -0.2) is 4.79 Å². The zero-order valence-corrected chi connectivity index (χ0v) is 16.0. The van der Waals surface area contributed by atoms with E-state index in [0.29, 0.717) is 34.0 Å². The van der Waals surface area contributed by atoms with Crippen molar-refractivity contribution in [3.8, 4) is 11.3 Å². The van der Waals surface area contributed by atoms with Gasteiger partial charge in [-0.15, -0.1) is 0 Å². The minimum atomic E-state index is -1.00. The third-order valence-corrected chi connectivity index (χ3v) is 5.47. The molecule has 3 rings (SSSR count). The van der Waals surface area contributed by atoms with Crippen LogP contribution in [0.25, 0.3) is 17.4 Å². The molecule has 1 aliphatic rings. The Kier molecular flexibility index (Phi) is 5.23. The summed E-state index contributed by atoms with van der Waals surface area (Å²) in [5.41, 5.74) is 1.48. The van der Waals surface area contributed by atoms with Crippen LogP contribution in [0, 0.1) is 6.92 Å². The van der Waals surface area contributed by atoms with Gasteiger partial charge in [0.25, 0.3) is 11.1 Å². The summed E-state index contributed by atoms with van der Waals surface area (Å²) in [5, 5.41) is 8.98. The van der Waals surface area contributed by atoms with E-state index in [1.807, 2.05) is 13.8 Å². The van der Waals surface area contributed by atoms with Crippen LogP contribution in [-0.4, -0.2) is 33.2 Å². The van der Waals surface area contributed by atoms with E-state index in [1.165, 1.54) is 11.0 Å². The number of carboxylic acid groups (broad SMARTS) is 1. The quantitative estimate of drug-likeness (QED) is 0.745. The van der Waals surface area contributed by atoms with E-state index in [4.69, 9.17) is 4.42 Å². The van der Waals surface area contributed by atoms with Crippen molar-refractivity contribution in [3.05, 3.63) is 52.1 Å². The molecule has 0 aliphatic carbocycles. The first kappa shape index (κ1) is 19.0. The topological polar surface area (TPSA) is 87.8 Å². The van der Waals surface area contributed by atoms with Crippen molar-refractivity contribution in [2.24, 2.45) is 0 Å². The highest BCUT2D eigenvalue weighted by Crippen LogP contribution is 2.35. The normalized spacial score (nSPS) is 17.0. The molecule has 140 valence electrons. The largest absolute Gasteiger partial charge is 0.478 e. The third kappa shape index (κ3) is 3.55. The molecule has 0 radical (unpaired) electrons. The smallest absolute Gasteiger partial charge is 0.335 e. The Morgan fingerprint density at radius 1 is 1.30 bits per heavy atom. The minimum absolute atomic E-state index is 0.156. The molecule has 1 aliphatic heterocycles. The number of benzene rings is 1. The zero-order valence-electron chi connectivity index (χ0n) is 15.2. The Balaban J connectivity index is 1.91. The van der Waals surface area contributed by atoms with E-state index < -0.39 is 5.97 Å². The van der Waals surface area contributed by atoms with Crippen LogP contribution in [0.3, 0.4) is 0 Å². The number of hydrogen-bond donors (Lipinski definition) is 1. The summed E-state index contributed by atoms with van der Waals surface area (Å²) >= 11 is 0.896. The molecule has 1 saturated heterocycles. The van der Waals surface area contributed by atoms with Crippen LogP contribution in [0.1, 0.15) is 41.9 Å². The number of thioether (sulfide) groups is 1. The molecule has 6 nitrogen and oxygen atoms in total. The number of aromatic carboxylic acids is 1. The Labute approximate surface area is 160 Å². The van der Waals surface area contributed by atoms with Gasteiger partial charge in [-0.1, -0.05) is 19.1 Å². The maximum absolute atomic E-state index is 12.5. The molecule has 2 heterocycles. The summed E-state index contributed by atoms with van der Waals surface area (Å²) in [7, 11) is 0. The van der Waals surface area contributed by atoms with Gasteiger partial charge in [0.15, 0.2) is 0 Å². The van der Waals surface area contributed by atoms with Crippen molar-refractivity contribution in [1.82, 2.24) is 4.90 Å². The highest BCUT2D eigenvalue weighted by Gasteiger charge is 2.37. The average Bonchev–Trinajstić information content (AvgIpc) is 3.19. The fraction of sp³-hybridized carbons (Fsp3) is 0.250. The highest BCUT2D eigenvalue weighted by atomic mass is 32.2. The summed E-state index contributed by atoms with van der Waals surface area (Å²) in [4.78, 5) is 37.5. The van der Waals surface area contributed by atoms with E-state index in [-0.39, 0.29) is 22.8 Å². The molecule has 0 bridgehead atoms. The standard InChI is InChI=1S/C20H19NO5S/c1-4-11(2)21-18(22)17(27-20(21)25)10-13-8-9-16(26-13)14-6-5-7-15(12(14)3)19(23)24/h5-11H,4H2,1-3H3,(H,23,24)/b17-10+/t11-/m1/s1. The van der Waals surface area contributed by atoms with Crippen molar-refractivity contribution in [2.45, 2.75) is 33.2 Å². The summed E-state index contributed by atoms with van der Waals surface area (Å²) < 4.78 is 5.79. The first-order chi connectivity index (χ1) is 12.8.